The highest BCUT2D eigenvalue weighted by Crippen LogP contribution is 2.25. The molecule has 1 aromatic rings. The molecule has 0 aromatic heterocycles. The lowest BCUT2D eigenvalue weighted by atomic mass is 10.1. The number of hydrogen-bond donors (Lipinski definition) is 1. The molecule has 90 valence electrons. The van der Waals surface area contributed by atoms with Gasteiger partial charge in [-0.15, -0.1) is 0 Å². The minimum Gasteiger partial charge on any atom is -0.493 e. The molecule has 1 aromatic carbocycles. The summed E-state index contributed by atoms with van der Waals surface area (Å²) in [5, 5.41) is 8.60. The van der Waals surface area contributed by atoms with Crippen LogP contribution in [0.3, 0.4) is 0 Å². The number of ether oxygens (including phenoxy) is 1. The van der Waals surface area contributed by atoms with Crippen LogP contribution < -0.4 is 10.5 Å². The van der Waals surface area contributed by atoms with Crippen LogP contribution in [0.5, 0.6) is 5.75 Å². The molecule has 0 heterocycles. The summed E-state index contributed by atoms with van der Waals surface area (Å²) in [4.78, 5) is 0. The van der Waals surface area contributed by atoms with E-state index in [9.17, 15) is 4.39 Å². The van der Waals surface area contributed by atoms with Crippen LogP contribution in [0.2, 0.25) is 0 Å². The molecule has 2 rings (SSSR count). The quantitative estimate of drug-likeness (QED) is 0.872. The maximum Gasteiger partial charge on any atom is 0.144 e. The third-order valence-electron chi connectivity index (χ3n) is 3.13. The van der Waals surface area contributed by atoms with Crippen molar-refractivity contribution >= 4 is 0 Å². The normalized spacial score (nSPS) is 23.4. The third kappa shape index (κ3) is 2.95. The predicted molar refractivity (Wildman–Crippen MR) is 61.9 cm³/mol. The molecule has 3 nitrogen and oxygen atoms in total. The number of halogens is 1. The van der Waals surface area contributed by atoms with Crippen molar-refractivity contribution in [3.63, 3.8) is 0 Å². The molecule has 4 heteroatoms. The smallest absolute Gasteiger partial charge is 0.144 e. The van der Waals surface area contributed by atoms with E-state index in [4.69, 9.17) is 15.7 Å². The second kappa shape index (κ2) is 5.15. The molecule has 17 heavy (non-hydrogen) atoms. The molecule has 0 amide bonds. The Bertz CT molecular complexity index is 442. The first-order valence-corrected chi connectivity index (χ1v) is 5.77. The van der Waals surface area contributed by atoms with Crippen LogP contribution in [0.25, 0.3) is 0 Å². The van der Waals surface area contributed by atoms with Crippen molar-refractivity contribution in [3.05, 3.63) is 29.6 Å². The zero-order chi connectivity index (χ0) is 12.3. The number of nitrogens with zero attached hydrogens (tertiary/aromatic N) is 1. The van der Waals surface area contributed by atoms with Gasteiger partial charge in [0, 0.05) is 12.1 Å². The highest BCUT2D eigenvalue weighted by atomic mass is 19.1. The van der Waals surface area contributed by atoms with Crippen molar-refractivity contribution in [2.24, 2.45) is 11.7 Å². The molecule has 0 radical (unpaired) electrons. The fourth-order valence-corrected chi connectivity index (χ4v) is 2.16. The van der Waals surface area contributed by atoms with Crippen molar-refractivity contribution in [1.82, 2.24) is 0 Å². The lowest BCUT2D eigenvalue weighted by molar-refractivity contribution is 0.250. The summed E-state index contributed by atoms with van der Waals surface area (Å²) in [5.41, 5.74) is 5.85. The Labute approximate surface area is 100.0 Å². The second-order valence-electron chi connectivity index (χ2n) is 4.50. The van der Waals surface area contributed by atoms with E-state index in [0.29, 0.717) is 18.3 Å². The first kappa shape index (κ1) is 11.9. The average Bonchev–Trinajstić information content (AvgIpc) is 2.73. The topological polar surface area (TPSA) is 59.0 Å². The van der Waals surface area contributed by atoms with Crippen molar-refractivity contribution in [3.8, 4) is 11.8 Å². The van der Waals surface area contributed by atoms with E-state index >= 15 is 0 Å². The van der Waals surface area contributed by atoms with Crippen LogP contribution in [0.1, 0.15) is 24.8 Å². The van der Waals surface area contributed by atoms with Gasteiger partial charge in [-0.3, -0.25) is 0 Å². The Morgan fingerprint density at radius 2 is 2.29 bits per heavy atom. The highest BCUT2D eigenvalue weighted by Gasteiger charge is 2.22. The molecular formula is C13H15FN2O. The molecule has 1 fully saturated rings. The molecule has 0 spiro atoms. The standard InChI is InChI=1S/C13H15FN2O/c14-13-6-12(4-2-10(13)7-15)17-8-9-1-3-11(16)5-9/h2,4,6,9,11H,1,3,5,8,16H2/t9-,11+/m0/s1. The Hall–Kier alpha value is -1.60. The second-order valence-corrected chi connectivity index (χ2v) is 4.50. The molecule has 1 aliphatic carbocycles. The van der Waals surface area contributed by atoms with Crippen molar-refractivity contribution in [1.29, 1.82) is 5.26 Å². The van der Waals surface area contributed by atoms with E-state index in [1.807, 2.05) is 0 Å². The van der Waals surface area contributed by atoms with E-state index < -0.39 is 5.82 Å². The van der Waals surface area contributed by atoms with Crippen molar-refractivity contribution in [2.45, 2.75) is 25.3 Å². The van der Waals surface area contributed by atoms with Gasteiger partial charge < -0.3 is 10.5 Å². The maximum atomic E-state index is 13.3. The number of nitriles is 1. The summed E-state index contributed by atoms with van der Waals surface area (Å²) in [6.07, 6.45) is 3.08. The minimum absolute atomic E-state index is 0.0419. The van der Waals surface area contributed by atoms with E-state index in [1.165, 1.54) is 12.1 Å². The predicted octanol–water partition coefficient (Wildman–Crippen LogP) is 2.20. The van der Waals surface area contributed by atoms with Gasteiger partial charge >= 0.3 is 0 Å². The molecular weight excluding hydrogens is 219 g/mol. The number of rotatable bonds is 3. The Morgan fingerprint density at radius 1 is 1.47 bits per heavy atom. The van der Waals surface area contributed by atoms with Crippen LogP contribution in [-0.4, -0.2) is 12.6 Å². The zero-order valence-corrected chi connectivity index (χ0v) is 9.53. The van der Waals surface area contributed by atoms with Crippen LogP contribution in [0, 0.1) is 23.1 Å². The van der Waals surface area contributed by atoms with Gasteiger partial charge in [0.1, 0.15) is 17.6 Å². The van der Waals surface area contributed by atoms with Crippen molar-refractivity contribution in [2.75, 3.05) is 6.61 Å². The summed E-state index contributed by atoms with van der Waals surface area (Å²) in [5.74, 6) is 0.402. The van der Waals surface area contributed by atoms with E-state index in [0.717, 1.165) is 19.3 Å². The molecule has 2 atom stereocenters. The first-order valence-electron chi connectivity index (χ1n) is 5.77. The average molecular weight is 234 g/mol. The summed E-state index contributed by atoms with van der Waals surface area (Å²) in [6.45, 7) is 0.568. The minimum atomic E-state index is -0.534. The van der Waals surface area contributed by atoms with Crippen molar-refractivity contribution < 1.29 is 9.13 Å². The molecule has 0 unspecified atom stereocenters. The van der Waals surface area contributed by atoms with Crippen LogP contribution >= 0.6 is 0 Å². The molecule has 0 saturated heterocycles. The monoisotopic (exact) mass is 234 g/mol. The fourth-order valence-electron chi connectivity index (χ4n) is 2.16. The molecule has 2 N–H and O–H groups in total. The molecule has 1 saturated carbocycles. The summed E-state index contributed by atoms with van der Waals surface area (Å²) >= 11 is 0. The van der Waals surface area contributed by atoms with Crippen LogP contribution in [0.4, 0.5) is 4.39 Å². The van der Waals surface area contributed by atoms with Gasteiger partial charge in [-0.2, -0.15) is 5.26 Å². The fraction of sp³-hybridized carbons (Fsp3) is 0.462. The summed E-state index contributed by atoms with van der Waals surface area (Å²) < 4.78 is 18.8. The molecule has 1 aliphatic rings. The van der Waals surface area contributed by atoms with Crippen LogP contribution in [0.15, 0.2) is 18.2 Å². The van der Waals surface area contributed by atoms with E-state index in [-0.39, 0.29) is 11.6 Å². The van der Waals surface area contributed by atoms with Gasteiger partial charge in [0.15, 0.2) is 0 Å². The SMILES string of the molecule is N#Cc1ccc(OC[C@H]2CC[C@@H](N)C2)cc1F. The van der Waals surface area contributed by atoms with Gasteiger partial charge in [-0.05, 0) is 37.3 Å². The number of benzene rings is 1. The Morgan fingerprint density at radius 3 is 2.88 bits per heavy atom. The lowest BCUT2D eigenvalue weighted by Crippen LogP contribution is -2.16. The van der Waals surface area contributed by atoms with Gasteiger partial charge in [-0.25, -0.2) is 4.39 Å². The lowest BCUT2D eigenvalue weighted by Gasteiger charge is -2.11. The third-order valence-corrected chi connectivity index (χ3v) is 3.13. The Kier molecular flexibility index (Phi) is 3.60. The molecule has 0 aliphatic heterocycles. The Balaban J connectivity index is 1.91. The van der Waals surface area contributed by atoms with Gasteiger partial charge in [0.25, 0.3) is 0 Å². The first-order chi connectivity index (χ1) is 8.19. The van der Waals surface area contributed by atoms with Gasteiger partial charge in [0.05, 0.1) is 12.2 Å². The summed E-state index contributed by atoms with van der Waals surface area (Å²) in [7, 11) is 0. The van der Waals surface area contributed by atoms with E-state index in [2.05, 4.69) is 0 Å². The van der Waals surface area contributed by atoms with Gasteiger partial charge in [0.2, 0.25) is 0 Å². The molecule has 0 bridgehead atoms. The van der Waals surface area contributed by atoms with E-state index in [1.54, 1.807) is 12.1 Å². The number of nitrogens with two attached hydrogens (primary N) is 1. The van der Waals surface area contributed by atoms with Gasteiger partial charge in [-0.1, -0.05) is 0 Å². The zero-order valence-electron chi connectivity index (χ0n) is 9.53. The summed E-state index contributed by atoms with van der Waals surface area (Å²) in [6, 6.07) is 6.37. The maximum absolute atomic E-state index is 13.3. The number of hydrogen-bond acceptors (Lipinski definition) is 3. The highest BCUT2D eigenvalue weighted by molar-refractivity contribution is 5.36. The van der Waals surface area contributed by atoms with Crippen LogP contribution in [-0.2, 0) is 0 Å². The largest absolute Gasteiger partial charge is 0.493 e.